The minimum atomic E-state index is -0.211. The van der Waals surface area contributed by atoms with Crippen LogP contribution in [0, 0.1) is 5.92 Å². The molecule has 0 saturated carbocycles. The van der Waals surface area contributed by atoms with E-state index in [2.05, 4.69) is 22.0 Å². The van der Waals surface area contributed by atoms with Gasteiger partial charge in [-0.3, -0.25) is 19.4 Å². The van der Waals surface area contributed by atoms with Crippen LogP contribution in [-0.2, 0) is 19.2 Å². The molecule has 182 valence electrons. The number of aliphatic imine (C=N–C) groups is 1. The number of ether oxygens (including phenoxy) is 1. The molecule has 1 aliphatic carbocycles. The van der Waals surface area contributed by atoms with Crippen molar-refractivity contribution in [1.82, 2.24) is 5.32 Å². The first-order chi connectivity index (χ1) is 14.7. The summed E-state index contributed by atoms with van der Waals surface area (Å²) < 4.78 is 4.40. The number of carbonyl (C=O) groups excluding carboxylic acids is 2. The van der Waals surface area contributed by atoms with E-state index in [1.165, 1.54) is 6.92 Å². The summed E-state index contributed by atoms with van der Waals surface area (Å²) >= 11 is 0. The first kappa shape index (κ1) is 33.4. The zero-order valence-corrected chi connectivity index (χ0v) is 21.1. The van der Waals surface area contributed by atoms with Crippen molar-refractivity contribution in [2.45, 2.75) is 81.1 Å². The Morgan fingerprint density at radius 2 is 1.87 bits per heavy atom. The summed E-state index contributed by atoms with van der Waals surface area (Å²) in [6.45, 7) is 15.9. The van der Waals surface area contributed by atoms with Crippen molar-refractivity contribution in [3.05, 3.63) is 23.0 Å². The van der Waals surface area contributed by atoms with E-state index in [1.54, 1.807) is 14.0 Å². The second kappa shape index (κ2) is 22.5. The van der Waals surface area contributed by atoms with E-state index in [4.69, 9.17) is 16.5 Å². The van der Waals surface area contributed by atoms with Crippen LogP contribution in [0.1, 0.15) is 81.1 Å². The number of nitrogens with one attached hydrogen (secondary N) is 1. The van der Waals surface area contributed by atoms with Gasteiger partial charge in [0, 0.05) is 43.8 Å². The molecular weight excluding hydrogens is 396 g/mol. The van der Waals surface area contributed by atoms with E-state index in [0.717, 1.165) is 29.8 Å². The number of nitrogens with zero attached hydrogens (tertiary/aromatic N) is 1. The van der Waals surface area contributed by atoms with Crippen LogP contribution in [0.2, 0.25) is 0 Å². The maximum atomic E-state index is 12.0. The van der Waals surface area contributed by atoms with Crippen molar-refractivity contribution in [3.8, 4) is 0 Å². The summed E-state index contributed by atoms with van der Waals surface area (Å²) in [7, 11) is 1.65. The van der Waals surface area contributed by atoms with Gasteiger partial charge >= 0.3 is 5.97 Å². The van der Waals surface area contributed by atoms with Crippen molar-refractivity contribution < 1.29 is 19.2 Å². The molecule has 0 saturated heterocycles. The van der Waals surface area contributed by atoms with Crippen molar-refractivity contribution in [3.63, 3.8) is 0 Å². The molecule has 0 heterocycles. The predicted octanol–water partition coefficient (Wildman–Crippen LogP) is 4.01. The van der Waals surface area contributed by atoms with Crippen LogP contribution in [0.3, 0.4) is 0 Å². The van der Waals surface area contributed by atoms with Gasteiger partial charge in [0.15, 0.2) is 5.78 Å². The highest BCUT2D eigenvalue weighted by Gasteiger charge is 2.20. The molecule has 0 aromatic rings. The molecule has 0 aromatic carbocycles. The molecule has 5 N–H and O–H groups in total. The highest BCUT2D eigenvalue weighted by molar-refractivity contribution is 5.95. The average molecular weight is 443 g/mol. The number of ketones is 1. The van der Waals surface area contributed by atoms with Gasteiger partial charge in [-0.2, -0.15) is 0 Å². The normalized spacial score (nSPS) is 16.5. The number of Topliss-reactive ketones (excluding diaryl/α,β-unsaturated/α-hetero) is 1. The maximum absolute atomic E-state index is 12.0. The lowest BCUT2D eigenvalue weighted by atomic mass is 10.0. The van der Waals surface area contributed by atoms with E-state index in [9.17, 15) is 9.59 Å². The van der Waals surface area contributed by atoms with E-state index in [0.29, 0.717) is 31.2 Å². The highest BCUT2D eigenvalue weighted by atomic mass is 16.6. The zero-order valence-electron chi connectivity index (χ0n) is 21.1. The monoisotopic (exact) mass is 442 g/mol. The first-order valence-corrected chi connectivity index (χ1v) is 11.1. The Morgan fingerprint density at radius 1 is 1.29 bits per heavy atom. The van der Waals surface area contributed by atoms with Crippen LogP contribution < -0.4 is 16.9 Å². The standard InChI is InChI=1S/C15H26N4O2.C4H8O2.2C2H6/c1-10-4-6-14(20)11(2)13(8-10)19-12(9-21-17)5-7-15(16)18-3;1-3-6-4(2)5;2*1-2/h5,10,19H,4,6-9,17H2,1-3H3,(H2,16,18);3H2,1-2H3;2*1-2H3/b12-5-;;;. The predicted molar refractivity (Wildman–Crippen MR) is 129 cm³/mol. The number of nitrogens with two attached hydrogens (primary N) is 2. The summed E-state index contributed by atoms with van der Waals surface area (Å²) in [5, 5.41) is 3.29. The molecule has 0 bridgehead atoms. The van der Waals surface area contributed by atoms with Gasteiger partial charge in [-0.1, -0.05) is 40.7 Å². The molecule has 0 radical (unpaired) electrons. The van der Waals surface area contributed by atoms with Gasteiger partial charge in [-0.15, -0.1) is 0 Å². The topological polar surface area (TPSA) is 129 Å². The Labute approximate surface area is 189 Å². The number of rotatable bonds is 7. The fraction of sp³-hybridized carbons (Fsp3) is 0.696. The summed E-state index contributed by atoms with van der Waals surface area (Å²) in [6, 6.07) is 0. The number of amidine groups is 1. The fourth-order valence-electron chi connectivity index (χ4n) is 2.43. The number of hydrogen-bond acceptors (Lipinski definition) is 7. The Balaban J connectivity index is -0.000000663. The molecule has 31 heavy (non-hydrogen) atoms. The molecule has 0 aromatic heterocycles. The average Bonchev–Trinajstić information content (AvgIpc) is 2.88. The third kappa shape index (κ3) is 18.3. The summed E-state index contributed by atoms with van der Waals surface area (Å²) in [5.41, 5.74) is 8.21. The Kier molecular flexibility index (Phi) is 24.3. The van der Waals surface area contributed by atoms with Crippen molar-refractivity contribution in [1.29, 1.82) is 0 Å². The molecule has 8 nitrogen and oxygen atoms in total. The lowest BCUT2D eigenvalue weighted by Gasteiger charge is -2.17. The molecule has 1 aliphatic rings. The first-order valence-electron chi connectivity index (χ1n) is 11.1. The smallest absolute Gasteiger partial charge is 0.302 e. The lowest BCUT2D eigenvalue weighted by molar-refractivity contribution is -0.140. The number of carbonyl (C=O) groups is 2. The van der Waals surface area contributed by atoms with Gasteiger partial charge in [0.05, 0.1) is 12.4 Å². The van der Waals surface area contributed by atoms with E-state index in [-0.39, 0.29) is 18.4 Å². The third-order valence-corrected chi connectivity index (χ3v) is 4.03. The number of allylic oxidation sites excluding steroid dienone is 2. The summed E-state index contributed by atoms with van der Waals surface area (Å²) in [5.74, 6) is 6.15. The number of esters is 1. The third-order valence-electron chi connectivity index (χ3n) is 4.03. The van der Waals surface area contributed by atoms with Gasteiger partial charge in [-0.05, 0) is 32.6 Å². The minimum absolute atomic E-state index is 0.199. The van der Waals surface area contributed by atoms with Crippen molar-refractivity contribution >= 4 is 17.6 Å². The summed E-state index contributed by atoms with van der Waals surface area (Å²) in [6.07, 6.45) is 4.77. The molecule has 0 aliphatic heterocycles. The van der Waals surface area contributed by atoms with Crippen LogP contribution in [0.25, 0.3) is 0 Å². The van der Waals surface area contributed by atoms with Gasteiger partial charge in [0.1, 0.15) is 6.61 Å². The summed E-state index contributed by atoms with van der Waals surface area (Å²) in [4.78, 5) is 30.4. The fourth-order valence-corrected chi connectivity index (χ4v) is 2.43. The van der Waals surface area contributed by atoms with Crippen molar-refractivity contribution in [2.24, 2.45) is 22.5 Å². The van der Waals surface area contributed by atoms with Crippen LogP contribution in [0.4, 0.5) is 0 Å². The molecule has 0 spiro atoms. The second-order valence-electron chi connectivity index (χ2n) is 6.38. The van der Waals surface area contributed by atoms with Crippen molar-refractivity contribution in [2.75, 3.05) is 20.3 Å². The van der Waals surface area contributed by atoms with Crippen LogP contribution >= 0.6 is 0 Å². The van der Waals surface area contributed by atoms with E-state index >= 15 is 0 Å². The molecule has 0 fully saturated rings. The maximum Gasteiger partial charge on any atom is 0.302 e. The molecule has 1 atom stereocenters. The highest BCUT2D eigenvalue weighted by Crippen LogP contribution is 2.24. The van der Waals surface area contributed by atoms with E-state index < -0.39 is 0 Å². The zero-order chi connectivity index (χ0) is 24.8. The van der Waals surface area contributed by atoms with Gasteiger partial charge < -0.3 is 15.8 Å². The molecule has 8 heteroatoms. The lowest BCUT2D eigenvalue weighted by Crippen LogP contribution is -2.22. The number of hydrogen-bond donors (Lipinski definition) is 3. The molecule has 1 unspecified atom stereocenters. The van der Waals surface area contributed by atoms with E-state index in [1.807, 2.05) is 40.7 Å². The molecular formula is C23H46N4O4. The Bertz CT molecular complexity index is 584. The minimum Gasteiger partial charge on any atom is -0.466 e. The second-order valence-corrected chi connectivity index (χ2v) is 6.38. The molecule has 0 amide bonds. The van der Waals surface area contributed by atoms with Gasteiger partial charge in [0.2, 0.25) is 0 Å². The Hall–Kier alpha value is -2.19. The van der Waals surface area contributed by atoms with Crippen LogP contribution in [0.15, 0.2) is 28.0 Å². The van der Waals surface area contributed by atoms with Crippen LogP contribution in [-0.4, -0.2) is 37.8 Å². The van der Waals surface area contributed by atoms with Gasteiger partial charge in [0.25, 0.3) is 0 Å². The molecule has 1 rings (SSSR count). The van der Waals surface area contributed by atoms with Gasteiger partial charge in [-0.25, -0.2) is 5.90 Å². The largest absolute Gasteiger partial charge is 0.466 e. The van der Waals surface area contributed by atoms with Crippen LogP contribution in [0.5, 0.6) is 0 Å². The SMILES string of the molecule is CC.CC.CCOC(C)=O.CN=C(N)C/C=C(/CON)NC1=C(C)C(=O)CCC(C)C1. The quantitative estimate of drug-likeness (QED) is 0.235. The Morgan fingerprint density at radius 3 is 2.29 bits per heavy atom.